The third kappa shape index (κ3) is 5.30. The topological polar surface area (TPSA) is 104 Å². The number of hydrogen-bond donors (Lipinski definition) is 3. The molecule has 1 aromatic carbocycles. The van der Waals surface area contributed by atoms with Gasteiger partial charge >= 0.3 is 12.0 Å². The summed E-state index contributed by atoms with van der Waals surface area (Å²) < 4.78 is 6.38. The normalized spacial score (nSPS) is 15.0. The molecule has 0 radical (unpaired) electrons. The van der Waals surface area contributed by atoms with E-state index in [0.29, 0.717) is 25.3 Å². The van der Waals surface area contributed by atoms with Crippen LogP contribution in [0.25, 0.3) is 10.2 Å². The number of aromatic nitrogens is 1. The van der Waals surface area contributed by atoms with Crippen LogP contribution in [0.2, 0.25) is 0 Å². The number of thiazole rings is 1. The van der Waals surface area contributed by atoms with Gasteiger partial charge in [0, 0.05) is 30.7 Å². The van der Waals surface area contributed by atoms with E-state index in [2.05, 4.69) is 20.5 Å². The number of nitrogens with one attached hydrogen (secondary N) is 2. The minimum Gasteiger partial charge on any atom is -0.481 e. The summed E-state index contributed by atoms with van der Waals surface area (Å²) in [5, 5.41) is 15.4. The van der Waals surface area contributed by atoms with Crippen LogP contribution in [0.1, 0.15) is 26.7 Å². The van der Waals surface area contributed by atoms with Gasteiger partial charge in [-0.1, -0.05) is 11.3 Å². The number of benzene rings is 1. The highest BCUT2D eigenvalue weighted by atomic mass is 32.1. The Morgan fingerprint density at radius 3 is 2.78 bits per heavy atom. The van der Waals surface area contributed by atoms with Crippen molar-refractivity contribution in [3.05, 3.63) is 18.2 Å². The van der Waals surface area contributed by atoms with Gasteiger partial charge in [-0.15, -0.1) is 0 Å². The summed E-state index contributed by atoms with van der Waals surface area (Å²) in [7, 11) is 0. The molecule has 2 heterocycles. The highest BCUT2D eigenvalue weighted by Crippen LogP contribution is 2.31. The first kappa shape index (κ1) is 19.4. The number of carboxylic acids is 1. The average molecular weight is 392 g/mol. The molecule has 27 heavy (non-hydrogen) atoms. The van der Waals surface area contributed by atoms with E-state index >= 15 is 0 Å². The van der Waals surface area contributed by atoms with Crippen molar-refractivity contribution in [2.75, 3.05) is 36.5 Å². The molecule has 8 nitrogen and oxygen atoms in total. The second-order valence-corrected chi connectivity index (χ2v) is 8.14. The van der Waals surface area contributed by atoms with Crippen molar-refractivity contribution >= 4 is 44.4 Å². The lowest BCUT2D eigenvalue weighted by Crippen LogP contribution is -2.45. The van der Waals surface area contributed by atoms with Gasteiger partial charge in [0.25, 0.3) is 0 Å². The maximum Gasteiger partial charge on any atom is 0.319 e. The number of aliphatic carboxylic acids is 1. The second-order valence-electron chi connectivity index (χ2n) is 7.14. The number of hydrogen-bond acceptors (Lipinski definition) is 6. The second kappa shape index (κ2) is 8.10. The van der Waals surface area contributed by atoms with Crippen LogP contribution in [0.3, 0.4) is 0 Å². The van der Waals surface area contributed by atoms with E-state index in [1.807, 2.05) is 18.2 Å². The van der Waals surface area contributed by atoms with Crippen LogP contribution in [-0.4, -0.2) is 53.9 Å². The summed E-state index contributed by atoms with van der Waals surface area (Å²) in [6.45, 7) is 6.69. The van der Waals surface area contributed by atoms with Crippen molar-refractivity contribution in [1.82, 2.24) is 10.3 Å². The van der Waals surface area contributed by atoms with Crippen LogP contribution in [-0.2, 0) is 9.53 Å². The molecule has 1 aliphatic heterocycles. The van der Waals surface area contributed by atoms with Gasteiger partial charge in [-0.3, -0.25) is 4.79 Å². The average Bonchev–Trinajstić information content (AvgIpc) is 3.04. The van der Waals surface area contributed by atoms with Gasteiger partial charge in [-0.25, -0.2) is 9.78 Å². The highest BCUT2D eigenvalue weighted by molar-refractivity contribution is 7.22. The van der Waals surface area contributed by atoms with E-state index in [9.17, 15) is 9.59 Å². The van der Waals surface area contributed by atoms with E-state index < -0.39 is 11.5 Å². The quantitative estimate of drug-likeness (QED) is 0.698. The van der Waals surface area contributed by atoms with E-state index in [1.165, 1.54) is 0 Å². The molecule has 0 unspecified atom stereocenters. The van der Waals surface area contributed by atoms with Crippen molar-refractivity contribution in [2.24, 2.45) is 0 Å². The zero-order chi connectivity index (χ0) is 19.4. The van der Waals surface area contributed by atoms with Crippen LogP contribution in [0.15, 0.2) is 18.2 Å². The largest absolute Gasteiger partial charge is 0.481 e. The Bertz CT molecular complexity index is 830. The first-order chi connectivity index (χ1) is 12.8. The molecule has 2 amide bonds. The van der Waals surface area contributed by atoms with Gasteiger partial charge < -0.3 is 25.4 Å². The van der Waals surface area contributed by atoms with Crippen LogP contribution in [0.5, 0.6) is 0 Å². The summed E-state index contributed by atoms with van der Waals surface area (Å²) >= 11 is 1.59. The standard InChI is InChI=1S/C18H24N4O4S/c1-18(2,6-5-15(23)24)21-16(25)19-12-3-4-13-14(11-12)27-17(20-13)22-7-9-26-10-8-22/h3-4,11H,5-10H2,1-2H3,(H,23,24)(H2,19,21,25). The van der Waals surface area contributed by atoms with E-state index in [-0.39, 0.29) is 12.5 Å². The molecule has 1 aliphatic rings. The third-order valence-electron chi connectivity index (χ3n) is 4.33. The predicted molar refractivity (Wildman–Crippen MR) is 106 cm³/mol. The molecule has 0 saturated carbocycles. The van der Waals surface area contributed by atoms with Crippen LogP contribution >= 0.6 is 11.3 Å². The number of carbonyl (C=O) groups is 2. The summed E-state index contributed by atoms with van der Waals surface area (Å²) in [5.74, 6) is -0.878. The minimum absolute atomic E-state index is 0.00439. The lowest BCUT2D eigenvalue weighted by Gasteiger charge is -2.25. The van der Waals surface area contributed by atoms with Gasteiger partial charge in [0.15, 0.2) is 5.13 Å². The van der Waals surface area contributed by atoms with Gasteiger partial charge in [-0.2, -0.15) is 0 Å². The zero-order valence-corrected chi connectivity index (χ0v) is 16.3. The number of fused-ring (bicyclic) bond motifs is 1. The number of morpholine rings is 1. The fourth-order valence-electron chi connectivity index (χ4n) is 2.83. The van der Waals surface area contributed by atoms with E-state index in [4.69, 9.17) is 9.84 Å². The first-order valence-corrected chi connectivity index (χ1v) is 9.68. The van der Waals surface area contributed by atoms with Crippen molar-refractivity contribution in [2.45, 2.75) is 32.2 Å². The van der Waals surface area contributed by atoms with Gasteiger partial charge in [0.05, 0.1) is 23.4 Å². The molecule has 146 valence electrons. The molecule has 3 rings (SSSR count). The van der Waals surface area contributed by atoms with Crippen molar-refractivity contribution in [3.8, 4) is 0 Å². The maximum atomic E-state index is 12.3. The highest BCUT2D eigenvalue weighted by Gasteiger charge is 2.22. The molecule has 0 aliphatic carbocycles. The number of carbonyl (C=O) groups excluding carboxylic acids is 1. The number of nitrogens with zero attached hydrogens (tertiary/aromatic N) is 2. The van der Waals surface area contributed by atoms with Crippen LogP contribution in [0, 0.1) is 0 Å². The number of rotatable bonds is 6. The Morgan fingerprint density at radius 2 is 2.07 bits per heavy atom. The molecule has 0 spiro atoms. The van der Waals surface area contributed by atoms with Crippen molar-refractivity contribution < 1.29 is 19.4 Å². The summed E-state index contributed by atoms with van der Waals surface area (Å²) in [4.78, 5) is 29.8. The minimum atomic E-state index is -0.878. The lowest BCUT2D eigenvalue weighted by atomic mass is 9.99. The Morgan fingerprint density at radius 1 is 1.33 bits per heavy atom. The summed E-state index contributed by atoms with van der Waals surface area (Å²) in [6.07, 6.45) is 0.358. The van der Waals surface area contributed by atoms with E-state index in [1.54, 1.807) is 25.2 Å². The summed E-state index contributed by atoms with van der Waals surface area (Å²) in [6, 6.07) is 5.25. The summed E-state index contributed by atoms with van der Waals surface area (Å²) in [5.41, 5.74) is 0.959. The fourth-order valence-corrected chi connectivity index (χ4v) is 3.89. The Hall–Kier alpha value is -2.39. The van der Waals surface area contributed by atoms with Crippen molar-refractivity contribution in [1.29, 1.82) is 0 Å². The van der Waals surface area contributed by atoms with Gasteiger partial charge in [-0.05, 0) is 38.5 Å². The molecule has 9 heteroatoms. The monoisotopic (exact) mass is 392 g/mol. The molecular weight excluding hydrogens is 368 g/mol. The van der Waals surface area contributed by atoms with Gasteiger partial charge in [0.2, 0.25) is 0 Å². The zero-order valence-electron chi connectivity index (χ0n) is 15.4. The lowest BCUT2D eigenvalue weighted by molar-refractivity contribution is -0.137. The Balaban J connectivity index is 1.64. The molecule has 1 saturated heterocycles. The molecule has 0 atom stereocenters. The SMILES string of the molecule is CC(C)(CCC(=O)O)NC(=O)Nc1ccc2nc(N3CCOCC3)sc2c1. The molecule has 2 aromatic rings. The molecule has 0 bridgehead atoms. The predicted octanol–water partition coefficient (Wildman–Crippen LogP) is 2.90. The van der Waals surface area contributed by atoms with Gasteiger partial charge in [0.1, 0.15) is 0 Å². The number of anilines is 2. The maximum absolute atomic E-state index is 12.3. The Labute approximate surface area is 161 Å². The molecule has 3 N–H and O–H groups in total. The van der Waals surface area contributed by atoms with Crippen LogP contribution in [0.4, 0.5) is 15.6 Å². The third-order valence-corrected chi connectivity index (χ3v) is 5.41. The molecular formula is C18H24N4O4S. The van der Waals surface area contributed by atoms with E-state index in [0.717, 1.165) is 28.4 Å². The molecule has 1 fully saturated rings. The molecule has 1 aromatic heterocycles. The Kier molecular flexibility index (Phi) is 5.81. The number of amides is 2. The van der Waals surface area contributed by atoms with Crippen LogP contribution < -0.4 is 15.5 Å². The number of urea groups is 1. The number of carboxylic acid groups (broad SMARTS) is 1. The first-order valence-electron chi connectivity index (χ1n) is 8.87. The van der Waals surface area contributed by atoms with Crippen molar-refractivity contribution in [3.63, 3.8) is 0 Å². The fraction of sp³-hybridized carbons (Fsp3) is 0.500. The smallest absolute Gasteiger partial charge is 0.319 e. The number of ether oxygens (including phenoxy) is 1.